The Labute approximate surface area is 138 Å². The highest BCUT2D eigenvalue weighted by molar-refractivity contribution is 9.10. The number of thioether (sulfide) groups is 1. The van der Waals surface area contributed by atoms with Crippen molar-refractivity contribution in [2.75, 3.05) is 13.2 Å². The average molecular weight is 364 g/mol. The Hall–Kier alpha value is -0.970. The molecule has 2 aromatic carbocycles. The van der Waals surface area contributed by atoms with E-state index in [2.05, 4.69) is 46.3 Å². The lowest BCUT2D eigenvalue weighted by molar-refractivity contribution is 0.317. The third-order valence-corrected chi connectivity index (χ3v) is 5.64. The van der Waals surface area contributed by atoms with E-state index in [-0.39, 0.29) is 0 Å². The van der Waals surface area contributed by atoms with Crippen molar-refractivity contribution in [2.45, 2.75) is 23.0 Å². The molecule has 2 aromatic rings. The number of halogens is 1. The van der Waals surface area contributed by atoms with Crippen molar-refractivity contribution in [1.29, 1.82) is 0 Å². The zero-order valence-electron chi connectivity index (χ0n) is 11.7. The predicted octanol–water partition coefficient (Wildman–Crippen LogP) is 4.05. The maximum Gasteiger partial charge on any atom is 0.119 e. The van der Waals surface area contributed by atoms with Gasteiger partial charge in [0.05, 0.1) is 0 Å². The lowest BCUT2D eigenvalue weighted by Crippen LogP contribution is -2.13. The minimum absolute atomic E-state index is 0.504. The highest BCUT2D eigenvalue weighted by atomic mass is 79.9. The largest absolute Gasteiger partial charge is 0.492 e. The van der Waals surface area contributed by atoms with Gasteiger partial charge in [0.1, 0.15) is 12.4 Å². The minimum Gasteiger partial charge on any atom is -0.492 e. The van der Waals surface area contributed by atoms with Crippen LogP contribution in [0.4, 0.5) is 0 Å². The lowest BCUT2D eigenvalue weighted by Gasteiger charge is -2.12. The average Bonchev–Trinajstić information content (AvgIpc) is 2.91. The highest BCUT2D eigenvalue weighted by Gasteiger charge is 2.22. The summed E-state index contributed by atoms with van der Waals surface area (Å²) < 4.78 is 7.08. The summed E-state index contributed by atoms with van der Waals surface area (Å²) in [5.41, 5.74) is 8.28. The summed E-state index contributed by atoms with van der Waals surface area (Å²) in [6, 6.07) is 14.7. The number of rotatable bonds is 5. The van der Waals surface area contributed by atoms with Gasteiger partial charge in [0.25, 0.3) is 0 Å². The van der Waals surface area contributed by atoms with Crippen molar-refractivity contribution in [1.82, 2.24) is 0 Å². The van der Waals surface area contributed by atoms with Crippen LogP contribution in [0, 0.1) is 0 Å². The zero-order chi connectivity index (χ0) is 14.7. The van der Waals surface area contributed by atoms with Gasteiger partial charge in [-0.15, -0.1) is 11.8 Å². The van der Waals surface area contributed by atoms with Gasteiger partial charge in [-0.2, -0.15) is 0 Å². The second-order valence-corrected chi connectivity index (χ2v) is 7.35. The van der Waals surface area contributed by atoms with Crippen LogP contribution in [-0.2, 0) is 12.8 Å². The van der Waals surface area contributed by atoms with Crippen LogP contribution in [0.25, 0.3) is 0 Å². The molecule has 1 unspecified atom stereocenters. The SMILES string of the molecule is NCCc1cc(OCC2Cc3ccccc3S2)ccc1Br. The number of hydrogen-bond acceptors (Lipinski definition) is 3. The van der Waals surface area contributed by atoms with Crippen molar-refractivity contribution in [3.8, 4) is 5.75 Å². The Kier molecular flexibility index (Phi) is 4.88. The second-order valence-electron chi connectivity index (χ2n) is 5.15. The molecule has 2 nitrogen and oxygen atoms in total. The maximum absolute atomic E-state index is 5.98. The van der Waals surface area contributed by atoms with Gasteiger partial charge in [-0.1, -0.05) is 34.1 Å². The molecule has 0 bridgehead atoms. The number of hydrogen-bond donors (Lipinski definition) is 1. The first-order valence-electron chi connectivity index (χ1n) is 7.12. The molecular weight excluding hydrogens is 346 g/mol. The van der Waals surface area contributed by atoms with Crippen molar-refractivity contribution in [3.63, 3.8) is 0 Å². The molecule has 0 amide bonds. The van der Waals surface area contributed by atoms with Crippen molar-refractivity contribution in [2.24, 2.45) is 5.73 Å². The van der Waals surface area contributed by atoms with Gasteiger partial charge in [0, 0.05) is 14.6 Å². The number of nitrogens with two attached hydrogens (primary N) is 1. The Balaban J connectivity index is 1.60. The Morgan fingerprint density at radius 1 is 1.24 bits per heavy atom. The van der Waals surface area contributed by atoms with Crippen molar-refractivity contribution >= 4 is 27.7 Å². The van der Waals surface area contributed by atoms with Gasteiger partial charge in [0.2, 0.25) is 0 Å². The molecule has 21 heavy (non-hydrogen) atoms. The van der Waals surface area contributed by atoms with Crippen molar-refractivity contribution < 1.29 is 4.74 Å². The van der Waals surface area contributed by atoms with Crippen LogP contribution in [0.1, 0.15) is 11.1 Å². The number of benzene rings is 2. The van der Waals surface area contributed by atoms with Crippen molar-refractivity contribution in [3.05, 3.63) is 58.1 Å². The van der Waals surface area contributed by atoms with Crippen LogP contribution in [0.3, 0.4) is 0 Å². The van der Waals surface area contributed by atoms with E-state index in [0.717, 1.165) is 29.7 Å². The molecular formula is C17H18BrNOS. The second kappa shape index (κ2) is 6.86. The van der Waals surface area contributed by atoms with Crippen LogP contribution in [0.15, 0.2) is 51.8 Å². The van der Waals surface area contributed by atoms with E-state index in [4.69, 9.17) is 10.5 Å². The Morgan fingerprint density at radius 2 is 2.10 bits per heavy atom. The molecule has 2 N–H and O–H groups in total. The quantitative estimate of drug-likeness (QED) is 0.870. The van der Waals surface area contributed by atoms with E-state index in [1.54, 1.807) is 0 Å². The van der Waals surface area contributed by atoms with Gasteiger partial charge in [-0.3, -0.25) is 0 Å². The Morgan fingerprint density at radius 3 is 2.90 bits per heavy atom. The molecule has 1 heterocycles. The molecule has 1 aliphatic rings. The summed E-state index contributed by atoms with van der Waals surface area (Å²) in [7, 11) is 0. The Bertz CT molecular complexity index is 607. The molecule has 3 rings (SSSR count). The first kappa shape index (κ1) is 14.9. The fourth-order valence-corrected chi connectivity index (χ4v) is 4.19. The smallest absolute Gasteiger partial charge is 0.119 e. The number of fused-ring (bicyclic) bond motifs is 1. The normalized spacial score (nSPS) is 16.8. The molecule has 0 saturated heterocycles. The zero-order valence-corrected chi connectivity index (χ0v) is 14.1. The summed E-state index contributed by atoms with van der Waals surface area (Å²) in [5, 5.41) is 0.504. The van der Waals surface area contributed by atoms with Gasteiger partial charge < -0.3 is 10.5 Å². The van der Waals surface area contributed by atoms with Crippen LogP contribution in [0.2, 0.25) is 0 Å². The maximum atomic E-state index is 5.98. The summed E-state index contributed by atoms with van der Waals surface area (Å²) >= 11 is 5.47. The molecule has 0 saturated carbocycles. The summed E-state index contributed by atoms with van der Waals surface area (Å²) in [6.45, 7) is 1.39. The van der Waals surface area contributed by atoms with E-state index < -0.39 is 0 Å². The van der Waals surface area contributed by atoms with Crippen LogP contribution < -0.4 is 10.5 Å². The van der Waals surface area contributed by atoms with Gasteiger partial charge in [0.15, 0.2) is 0 Å². The first-order valence-corrected chi connectivity index (χ1v) is 8.79. The third kappa shape index (κ3) is 3.62. The fraction of sp³-hybridized carbons (Fsp3) is 0.294. The van der Waals surface area contributed by atoms with Crippen LogP contribution >= 0.6 is 27.7 Å². The lowest BCUT2D eigenvalue weighted by atomic mass is 10.1. The molecule has 0 aliphatic carbocycles. The van der Waals surface area contributed by atoms with E-state index >= 15 is 0 Å². The highest BCUT2D eigenvalue weighted by Crippen LogP contribution is 2.37. The first-order chi connectivity index (χ1) is 10.3. The molecule has 110 valence electrons. The summed E-state index contributed by atoms with van der Waals surface area (Å²) in [5.74, 6) is 0.929. The van der Waals surface area contributed by atoms with E-state index in [0.29, 0.717) is 11.8 Å². The minimum atomic E-state index is 0.504. The van der Waals surface area contributed by atoms with Crippen LogP contribution in [0.5, 0.6) is 5.75 Å². The monoisotopic (exact) mass is 363 g/mol. The summed E-state index contributed by atoms with van der Waals surface area (Å²) in [6.07, 6.45) is 1.95. The predicted molar refractivity (Wildman–Crippen MR) is 92.2 cm³/mol. The molecule has 1 atom stereocenters. The van der Waals surface area contributed by atoms with Gasteiger partial charge in [-0.05, 0) is 54.8 Å². The number of ether oxygens (including phenoxy) is 1. The van der Waals surface area contributed by atoms with E-state index in [1.165, 1.54) is 16.0 Å². The molecule has 0 spiro atoms. The topological polar surface area (TPSA) is 35.2 Å². The van der Waals surface area contributed by atoms with E-state index in [1.807, 2.05) is 23.9 Å². The molecule has 1 aliphatic heterocycles. The van der Waals surface area contributed by atoms with Gasteiger partial charge in [-0.25, -0.2) is 0 Å². The fourth-order valence-electron chi connectivity index (χ4n) is 2.52. The molecule has 4 heteroatoms. The molecule has 0 fully saturated rings. The molecule has 0 radical (unpaired) electrons. The van der Waals surface area contributed by atoms with Crippen LogP contribution in [-0.4, -0.2) is 18.4 Å². The standard InChI is InChI=1S/C17H18BrNOS/c18-16-6-5-14(9-12(16)7-8-19)20-11-15-10-13-3-1-2-4-17(13)21-15/h1-6,9,15H,7-8,10-11,19H2. The molecule has 0 aromatic heterocycles. The van der Waals surface area contributed by atoms with Gasteiger partial charge >= 0.3 is 0 Å². The summed E-state index contributed by atoms with van der Waals surface area (Å²) in [4.78, 5) is 1.39. The third-order valence-electron chi connectivity index (χ3n) is 3.58. The van der Waals surface area contributed by atoms with E-state index in [9.17, 15) is 0 Å².